The summed E-state index contributed by atoms with van der Waals surface area (Å²) in [6.45, 7) is 5.67. The number of ether oxygens (including phenoxy) is 1. The molecular weight excluding hydrogens is 376 g/mol. The smallest absolute Gasteiger partial charge is 0.407 e. The molecule has 0 aliphatic heterocycles. The van der Waals surface area contributed by atoms with Gasteiger partial charge in [0.2, 0.25) is 0 Å². The van der Waals surface area contributed by atoms with E-state index in [1.54, 1.807) is 11.3 Å². The predicted octanol–water partition coefficient (Wildman–Crippen LogP) is 5.33. The van der Waals surface area contributed by atoms with Gasteiger partial charge in [-0.3, -0.25) is 0 Å². The zero-order chi connectivity index (χ0) is 16.6. The molecule has 1 N–H and O–H groups in total. The molecule has 0 atom stereocenters. The van der Waals surface area contributed by atoms with Crippen LogP contribution in [0, 0.1) is 0 Å². The fourth-order valence-corrected chi connectivity index (χ4v) is 5.03. The molecule has 2 fully saturated rings. The SMILES string of the molecule is CC(C)(C)OC(=O)N[C@H]1CC[C@H](c2nc(C3CC3)c(Br)s2)CC1. The number of hydrogen-bond acceptors (Lipinski definition) is 4. The van der Waals surface area contributed by atoms with E-state index in [0.29, 0.717) is 11.8 Å². The number of amides is 1. The highest BCUT2D eigenvalue weighted by atomic mass is 79.9. The Labute approximate surface area is 150 Å². The summed E-state index contributed by atoms with van der Waals surface area (Å²) in [4.78, 5) is 16.7. The van der Waals surface area contributed by atoms with Crippen molar-refractivity contribution in [2.24, 2.45) is 0 Å². The van der Waals surface area contributed by atoms with Crippen LogP contribution >= 0.6 is 27.3 Å². The van der Waals surface area contributed by atoms with Gasteiger partial charge >= 0.3 is 6.09 Å². The van der Waals surface area contributed by atoms with E-state index >= 15 is 0 Å². The lowest BCUT2D eigenvalue weighted by molar-refractivity contribution is 0.0491. The molecule has 0 bridgehead atoms. The van der Waals surface area contributed by atoms with E-state index in [1.165, 1.54) is 27.3 Å². The van der Waals surface area contributed by atoms with Crippen LogP contribution in [0.15, 0.2) is 3.79 Å². The van der Waals surface area contributed by atoms with Crippen LogP contribution in [0.5, 0.6) is 0 Å². The molecule has 1 heterocycles. The third-order valence-corrected chi connectivity index (χ3v) is 6.30. The monoisotopic (exact) mass is 400 g/mol. The number of halogens is 1. The van der Waals surface area contributed by atoms with Gasteiger partial charge in [-0.25, -0.2) is 9.78 Å². The van der Waals surface area contributed by atoms with Crippen LogP contribution in [0.25, 0.3) is 0 Å². The van der Waals surface area contributed by atoms with Gasteiger partial charge in [0.25, 0.3) is 0 Å². The fraction of sp³-hybridized carbons (Fsp3) is 0.765. The van der Waals surface area contributed by atoms with Crippen LogP contribution in [0.1, 0.15) is 81.8 Å². The summed E-state index contributed by atoms with van der Waals surface area (Å²) in [5.41, 5.74) is 0.840. The first-order valence-electron chi connectivity index (χ1n) is 8.47. The summed E-state index contributed by atoms with van der Waals surface area (Å²) in [5, 5.41) is 4.28. The lowest BCUT2D eigenvalue weighted by Crippen LogP contribution is -2.40. The molecule has 6 heteroatoms. The zero-order valence-corrected chi connectivity index (χ0v) is 16.4. The van der Waals surface area contributed by atoms with Crippen molar-refractivity contribution in [2.45, 2.75) is 82.8 Å². The van der Waals surface area contributed by atoms with Crippen LogP contribution in [-0.4, -0.2) is 22.7 Å². The lowest BCUT2D eigenvalue weighted by Gasteiger charge is -2.29. The predicted molar refractivity (Wildman–Crippen MR) is 96.2 cm³/mol. The number of aromatic nitrogens is 1. The fourth-order valence-electron chi connectivity index (χ4n) is 3.07. The van der Waals surface area contributed by atoms with Crippen molar-refractivity contribution in [3.05, 3.63) is 14.5 Å². The number of nitrogens with one attached hydrogen (secondary N) is 1. The topological polar surface area (TPSA) is 51.2 Å². The van der Waals surface area contributed by atoms with Gasteiger partial charge in [-0.05, 0) is 75.2 Å². The van der Waals surface area contributed by atoms with E-state index in [-0.39, 0.29) is 12.1 Å². The Morgan fingerprint density at radius 3 is 2.35 bits per heavy atom. The Morgan fingerprint density at radius 1 is 1.17 bits per heavy atom. The Balaban J connectivity index is 1.50. The number of carbonyl (C=O) groups is 1. The maximum atomic E-state index is 11.9. The van der Waals surface area contributed by atoms with Gasteiger partial charge < -0.3 is 10.1 Å². The Morgan fingerprint density at radius 2 is 1.78 bits per heavy atom. The standard InChI is InChI=1S/C17H25BrN2O2S/c1-17(2,3)22-16(21)19-12-8-6-11(7-9-12)15-20-13(10-4-5-10)14(18)23-15/h10-12H,4-9H2,1-3H3,(H,19,21)/t11-,12-. The molecule has 0 aromatic carbocycles. The second kappa shape index (κ2) is 6.71. The normalized spacial score (nSPS) is 25.2. The Hall–Kier alpha value is -0.620. The molecule has 0 radical (unpaired) electrons. The first kappa shape index (κ1) is 17.2. The first-order chi connectivity index (χ1) is 10.8. The Bertz CT molecular complexity index is 570. The van der Waals surface area contributed by atoms with Crippen LogP contribution < -0.4 is 5.32 Å². The summed E-state index contributed by atoms with van der Waals surface area (Å²) < 4.78 is 6.56. The van der Waals surface area contributed by atoms with Gasteiger partial charge in [0.1, 0.15) is 5.60 Å². The van der Waals surface area contributed by atoms with Crippen molar-refractivity contribution < 1.29 is 9.53 Å². The molecule has 3 rings (SSSR count). The number of nitrogens with zero attached hydrogens (tertiary/aromatic N) is 1. The van der Waals surface area contributed by atoms with E-state index < -0.39 is 5.60 Å². The number of alkyl carbamates (subject to hydrolysis) is 1. The highest BCUT2D eigenvalue weighted by Gasteiger charge is 2.32. The molecule has 1 aromatic rings. The number of thiazole rings is 1. The van der Waals surface area contributed by atoms with Crippen molar-refractivity contribution in [1.29, 1.82) is 0 Å². The summed E-state index contributed by atoms with van der Waals surface area (Å²) in [5.74, 6) is 1.24. The second-order valence-electron chi connectivity index (χ2n) is 7.68. The molecular formula is C17H25BrN2O2S. The Kier molecular flexibility index (Phi) is 5.02. The number of hydrogen-bond donors (Lipinski definition) is 1. The molecule has 1 amide bonds. The van der Waals surface area contributed by atoms with Gasteiger partial charge in [-0.2, -0.15) is 0 Å². The molecule has 2 aliphatic rings. The minimum atomic E-state index is -0.437. The average Bonchev–Trinajstić information content (AvgIpc) is 3.20. The summed E-state index contributed by atoms with van der Waals surface area (Å²) >= 11 is 5.49. The van der Waals surface area contributed by atoms with Gasteiger partial charge in [0.05, 0.1) is 14.5 Å². The second-order valence-corrected chi connectivity index (χ2v) is 10.0. The van der Waals surface area contributed by atoms with Gasteiger partial charge in [0, 0.05) is 17.9 Å². The summed E-state index contributed by atoms with van der Waals surface area (Å²) in [6, 6.07) is 0.229. The lowest BCUT2D eigenvalue weighted by atomic mass is 9.86. The number of carbonyl (C=O) groups excluding carboxylic acids is 1. The molecule has 1 aromatic heterocycles. The summed E-state index contributed by atoms with van der Waals surface area (Å²) in [6.07, 6.45) is 6.45. The van der Waals surface area contributed by atoms with Crippen LogP contribution in [0.4, 0.5) is 4.79 Å². The highest BCUT2D eigenvalue weighted by Crippen LogP contribution is 2.46. The molecule has 128 valence electrons. The quantitative estimate of drug-likeness (QED) is 0.745. The van der Waals surface area contributed by atoms with Crippen molar-refractivity contribution in [3.8, 4) is 0 Å². The minimum absolute atomic E-state index is 0.229. The largest absolute Gasteiger partial charge is 0.444 e. The van der Waals surface area contributed by atoms with Crippen molar-refractivity contribution in [1.82, 2.24) is 10.3 Å². The zero-order valence-electron chi connectivity index (χ0n) is 14.0. The van der Waals surface area contributed by atoms with Gasteiger partial charge in [-0.15, -0.1) is 11.3 Å². The van der Waals surface area contributed by atoms with E-state index in [9.17, 15) is 4.79 Å². The van der Waals surface area contributed by atoms with E-state index in [1.807, 2.05) is 20.8 Å². The average molecular weight is 401 g/mol. The third kappa shape index (κ3) is 4.69. The maximum Gasteiger partial charge on any atom is 0.407 e. The number of rotatable bonds is 3. The van der Waals surface area contributed by atoms with E-state index in [4.69, 9.17) is 9.72 Å². The molecule has 0 unspecified atom stereocenters. The molecule has 4 nitrogen and oxygen atoms in total. The van der Waals surface area contributed by atoms with Crippen LogP contribution in [-0.2, 0) is 4.74 Å². The highest BCUT2D eigenvalue weighted by molar-refractivity contribution is 9.11. The molecule has 0 spiro atoms. The van der Waals surface area contributed by atoms with Crippen molar-refractivity contribution in [2.75, 3.05) is 0 Å². The van der Waals surface area contributed by atoms with Crippen molar-refractivity contribution >= 4 is 33.4 Å². The first-order valence-corrected chi connectivity index (χ1v) is 10.1. The summed E-state index contributed by atoms with van der Waals surface area (Å²) in [7, 11) is 0. The van der Waals surface area contributed by atoms with E-state index in [0.717, 1.165) is 25.7 Å². The van der Waals surface area contributed by atoms with Gasteiger partial charge in [-0.1, -0.05) is 0 Å². The van der Waals surface area contributed by atoms with Gasteiger partial charge in [0.15, 0.2) is 0 Å². The van der Waals surface area contributed by atoms with Crippen molar-refractivity contribution in [3.63, 3.8) is 0 Å². The molecule has 2 saturated carbocycles. The molecule has 2 aliphatic carbocycles. The molecule has 0 saturated heterocycles. The minimum Gasteiger partial charge on any atom is -0.444 e. The molecule has 23 heavy (non-hydrogen) atoms. The van der Waals surface area contributed by atoms with Crippen LogP contribution in [0.2, 0.25) is 0 Å². The third-order valence-electron chi connectivity index (χ3n) is 4.39. The van der Waals surface area contributed by atoms with Crippen LogP contribution in [0.3, 0.4) is 0 Å². The maximum absolute atomic E-state index is 11.9. The van der Waals surface area contributed by atoms with E-state index in [2.05, 4.69) is 21.2 Å².